The summed E-state index contributed by atoms with van der Waals surface area (Å²) in [6.45, 7) is 0. The van der Waals surface area contributed by atoms with Gasteiger partial charge < -0.3 is 4.74 Å². The maximum atomic E-state index is 11.4. The van der Waals surface area contributed by atoms with Gasteiger partial charge in [0.15, 0.2) is 0 Å². The molecule has 0 saturated heterocycles. The van der Waals surface area contributed by atoms with Crippen LogP contribution in [0.15, 0.2) is 52.3 Å². The summed E-state index contributed by atoms with van der Waals surface area (Å²) in [6.07, 6.45) is 0. The van der Waals surface area contributed by atoms with Gasteiger partial charge in [-0.25, -0.2) is 4.79 Å². The second-order valence-corrected chi connectivity index (χ2v) is 5.40. The van der Waals surface area contributed by atoms with Gasteiger partial charge >= 0.3 is 5.97 Å². The first kappa shape index (κ1) is 14.4. The van der Waals surface area contributed by atoms with Crippen molar-refractivity contribution < 1.29 is 9.53 Å². The zero-order valence-electron chi connectivity index (χ0n) is 10.6. The van der Waals surface area contributed by atoms with Crippen LogP contribution < -0.4 is 0 Å². The maximum absolute atomic E-state index is 11.4. The summed E-state index contributed by atoms with van der Waals surface area (Å²) >= 11 is 7.63. The van der Waals surface area contributed by atoms with Crippen molar-refractivity contribution in [2.24, 2.45) is 0 Å². The molecular weight excluding hydrogens is 294 g/mol. The highest BCUT2D eigenvalue weighted by atomic mass is 35.5. The van der Waals surface area contributed by atoms with Crippen LogP contribution in [0.1, 0.15) is 15.9 Å². The number of ether oxygens (including phenoxy) is 1. The topological polar surface area (TPSA) is 50.1 Å². The van der Waals surface area contributed by atoms with Gasteiger partial charge in [-0.15, -0.1) is 0 Å². The lowest BCUT2D eigenvalue weighted by Gasteiger charge is -2.06. The van der Waals surface area contributed by atoms with Gasteiger partial charge in [0.2, 0.25) is 0 Å². The van der Waals surface area contributed by atoms with Crippen molar-refractivity contribution in [2.45, 2.75) is 9.79 Å². The van der Waals surface area contributed by atoms with Crippen LogP contribution in [0.3, 0.4) is 0 Å². The summed E-state index contributed by atoms with van der Waals surface area (Å²) < 4.78 is 4.64. The number of nitrogens with zero attached hydrogens (tertiary/aromatic N) is 1. The Hall–Kier alpha value is -1.96. The largest absolute Gasteiger partial charge is 0.465 e. The van der Waals surface area contributed by atoms with Crippen LogP contribution in [0.5, 0.6) is 0 Å². The Morgan fingerprint density at radius 1 is 1.25 bits per heavy atom. The van der Waals surface area contributed by atoms with Gasteiger partial charge in [-0.1, -0.05) is 23.4 Å². The molecule has 0 atom stereocenters. The fourth-order valence-corrected chi connectivity index (χ4v) is 2.67. The van der Waals surface area contributed by atoms with E-state index in [9.17, 15) is 4.79 Å². The SMILES string of the molecule is COC(=O)c1ccc(Sc2ccc(C#N)cc2)c(Cl)c1. The first-order valence-electron chi connectivity index (χ1n) is 5.70. The van der Waals surface area contributed by atoms with E-state index in [0.717, 1.165) is 9.79 Å². The average Bonchev–Trinajstić information content (AvgIpc) is 2.49. The zero-order chi connectivity index (χ0) is 14.5. The third-order valence-corrected chi connectivity index (χ3v) is 4.07. The standard InChI is InChI=1S/C15H10ClNO2S/c1-19-15(18)11-4-7-14(13(16)8-11)20-12-5-2-10(9-17)3-6-12/h2-8H,1H3. The molecule has 3 nitrogen and oxygen atoms in total. The molecule has 2 rings (SSSR count). The van der Waals surface area contributed by atoms with Crippen molar-refractivity contribution in [3.05, 3.63) is 58.6 Å². The smallest absolute Gasteiger partial charge is 0.337 e. The van der Waals surface area contributed by atoms with Crippen molar-refractivity contribution in [3.8, 4) is 6.07 Å². The summed E-state index contributed by atoms with van der Waals surface area (Å²) in [4.78, 5) is 13.2. The molecule has 0 aromatic heterocycles. The summed E-state index contributed by atoms with van der Waals surface area (Å²) in [7, 11) is 1.33. The molecule has 0 aliphatic carbocycles. The van der Waals surface area contributed by atoms with Crippen LogP contribution in [-0.4, -0.2) is 13.1 Å². The van der Waals surface area contributed by atoms with Crippen LogP contribution in [-0.2, 0) is 4.74 Å². The van der Waals surface area contributed by atoms with Crippen molar-refractivity contribution in [1.29, 1.82) is 5.26 Å². The molecule has 0 fully saturated rings. The summed E-state index contributed by atoms with van der Waals surface area (Å²) in [5.74, 6) is -0.415. The van der Waals surface area contributed by atoms with Crippen molar-refractivity contribution in [3.63, 3.8) is 0 Å². The number of methoxy groups -OCH3 is 1. The lowest BCUT2D eigenvalue weighted by Crippen LogP contribution is -2.00. The van der Waals surface area contributed by atoms with Crippen LogP contribution in [0.25, 0.3) is 0 Å². The lowest BCUT2D eigenvalue weighted by atomic mass is 10.2. The Labute approximate surface area is 126 Å². The van der Waals surface area contributed by atoms with Gasteiger partial charge in [0.1, 0.15) is 0 Å². The Morgan fingerprint density at radius 2 is 1.95 bits per heavy atom. The fraction of sp³-hybridized carbons (Fsp3) is 0.0667. The molecule has 0 spiro atoms. The molecular formula is C15H10ClNO2S. The van der Waals surface area contributed by atoms with Crippen molar-refractivity contribution in [2.75, 3.05) is 7.11 Å². The first-order valence-corrected chi connectivity index (χ1v) is 6.89. The molecule has 0 aliphatic rings. The normalized spacial score (nSPS) is 9.85. The van der Waals surface area contributed by atoms with Crippen LogP contribution in [0, 0.1) is 11.3 Å². The number of hydrogen-bond acceptors (Lipinski definition) is 4. The fourth-order valence-electron chi connectivity index (χ4n) is 1.55. The van der Waals surface area contributed by atoms with E-state index in [1.54, 1.807) is 30.3 Å². The van der Waals surface area contributed by atoms with Gasteiger partial charge in [-0.3, -0.25) is 0 Å². The number of esters is 1. The van der Waals surface area contributed by atoms with Crippen LogP contribution >= 0.6 is 23.4 Å². The molecule has 0 amide bonds. The quantitative estimate of drug-likeness (QED) is 0.799. The third kappa shape index (κ3) is 3.32. The minimum absolute atomic E-state index is 0.415. The number of carbonyl (C=O) groups excluding carboxylic acids is 1. The highest BCUT2D eigenvalue weighted by Crippen LogP contribution is 2.34. The van der Waals surface area contributed by atoms with E-state index in [4.69, 9.17) is 16.9 Å². The molecule has 0 saturated carbocycles. The van der Waals surface area contributed by atoms with Gasteiger partial charge in [-0.2, -0.15) is 5.26 Å². The van der Waals surface area contributed by atoms with Gasteiger partial charge in [-0.05, 0) is 42.5 Å². The summed E-state index contributed by atoms with van der Waals surface area (Å²) in [5, 5.41) is 9.23. The predicted molar refractivity (Wildman–Crippen MR) is 78.1 cm³/mol. The Bertz CT molecular complexity index is 677. The van der Waals surface area contributed by atoms with E-state index in [1.165, 1.54) is 18.9 Å². The van der Waals surface area contributed by atoms with Crippen LogP contribution in [0.4, 0.5) is 0 Å². The van der Waals surface area contributed by atoms with E-state index >= 15 is 0 Å². The molecule has 0 bridgehead atoms. The van der Waals surface area contributed by atoms with E-state index in [-0.39, 0.29) is 0 Å². The number of rotatable bonds is 3. The Morgan fingerprint density at radius 3 is 2.50 bits per heavy atom. The first-order chi connectivity index (χ1) is 9.63. The van der Waals surface area contributed by atoms with E-state index < -0.39 is 5.97 Å². The molecule has 5 heteroatoms. The number of halogens is 1. The molecule has 2 aromatic rings. The zero-order valence-corrected chi connectivity index (χ0v) is 12.2. The molecule has 100 valence electrons. The number of benzene rings is 2. The van der Waals surface area contributed by atoms with E-state index in [0.29, 0.717) is 16.1 Å². The van der Waals surface area contributed by atoms with Gasteiger partial charge in [0.05, 0.1) is 29.3 Å². The number of hydrogen-bond donors (Lipinski definition) is 0. The summed E-state index contributed by atoms with van der Waals surface area (Å²) in [5.41, 5.74) is 1.03. The monoisotopic (exact) mass is 303 g/mol. The highest BCUT2D eigenvalue weighted by molar-refractivity contribution is 7.99. The van der Waals surface area contributed by atoms with Gasteiger partial charge in [0.25, 0.3) is 0 Å². The molecule has 20 heavy (non-hydrogen) atoms. The molecule has 0 radical (unpaired) electrons. The van der Waals surface area contributed by atoms with Crippen LogP contribution in [0.2, 0.25) is 5.02 Å². The molecule has 0 N–H and O–H groups in total. The minimum atomic E-state index is -0.415. The second-order valence-electron chi connectivity index (χ2n) is 3.88. The Kier molecular flexibility index (Phi) is 4.67. The third-order valence-electron chi connectivity index (χ3n) is 2.56. The molecule has 0 unspecified atom stereocenters. The number of nitriles is 1. The minimum Gasteiger partial charge on any atom is -0.465 e. The van der Waals surface area contributed by atoms with E-state index in [2.05, 4.69) is 10.8 Å². The molecule has 2 aromatic carbocycles. The molecule has 0 heterocycles. The summed E-state index contributed by atoms with van der Waals surface area (Å²) in [6, 6.07) is 14.3. The van der Waals surface area contributed by atoms with Crippen molar-refractivity contribution in [1.82, 2.24) is 0 Å². The maximum Gasteiger partial charge on any atom is 0.337 e. The van der Waals surface area contributed by atoms with Gasteiger partial charge in [0, 0.05) is 9.79 Å². The number of carbonyl (C=O) groups is 1. The molecule has 0 aliphatic heterocycles. The average molecular weight is 304 g/mol. The highest BCUT2D eigenvalue weighted by Gasteiger charge is 2.09. The predicted octanol–water partition coefficient (Wildman–Crippen LogP) is 4.15. The lowest BCUT2D eigenvalue weighted by molar-refractivity contribution is 0.0600. The van der Waals surface area contributed by atoms with E-state index in [1.807, 2.05) is 12.1 Å². The second kappa shape index (κ2) is 6.47. The van der Waals surface area contributed by atoms with Crippen molar-refractivity contribution >= 4 is 29.3 Å². The Balaban J connectivity index is 2.21.